The van der Waals surface area contributed by atoms with Gasteiger partial charge in [0.15, 0.2) is 0 Å². The Morgan fingerprint density at radius 2 is 2.62 bits per heavy atom. The van der Waals surface area contributed by atoms with Gasteiger partial charge in [-0.1, -0.05) is 0 Å². The number of hydrogen-bond donors (Lipinski definition) is 0. The molecule has 40 valence electrons. The van der Waals surface area contributed by atoms with Crippen molar-refractivity contribution in [3.8, 4) is 0 Å². The third-order valence-corrected chi connectivity index (χ3v) is 1.69. The molecular formula is C5H3NOS. The van der Waals surface area contributed by atoms with Crippen LogP contribution in [0.1, 0.15) is 0 Å². The summed E-state index contributed by atoms with van der Waals surface area (Å²) in [6.07, 6.45) is 3.46. The summed E-state index contributed by atoms with van der Waals surface area (Å²) in [6.45, 7) is 0. The molecule has 2 rings (SSSR count). The SMILES string of the molecule is c1cc2cnsc2o1. The van der Waals surface area contributed by atoms with E-state index in [0.29, 0.717) is 0 Å². The summed E-state index contributed by atoms with van der Waals surface area (Å²) in [7, 11) is 0. The zero-order chi connectivity index (χ0) is 5.40. The highest BCUT2D eigenvalue weighted by atomic mass is 32.1. The Labute approximate surface area is 49.9 Å². The second kappa shape index (κ2) is 1.32. The number of furan rings is 1. The molecule has 0 aliphatic carbocycles. The van der Waals surface area contributed by atoms with Gasteiger partial charge < -0.3 is 4.42 Å². The van der Waals surface area contributed by atoms with Gasteiger partial charge in [-0.15, -0.1) is 0 Å². The molecule has 0 fully saturated rings. The lowest BCUT2D eigenvalue weighted by molar-refractivity contribution is 0.623. The van der Waals surface area contributed by atoms with E-state index in [1.54, 1.807) is 12.5 Å². The molecule has 8 heavy (non-hydrogen) atoms. The number of hydrogen-bond acceptors (Lipinski definition) is 3. The molecule has 2 aromatic heterocycles. The van der Waals surface area contributed by atoms with Crippen molar-refractivity contribution in [2.24, 2.45) is 0 Å². The van der Waals surface area contributed by atoms with Gasteiger partial charge in [-0.3, -0.25) is 0 Å². The molecule has 0 aliphatic rings. The summed E-state index contributed by atoms with van der Waals surface area (Å²) in [5, 5.41) is 1.09. The third kappa shape index (κ3) is 0.391. The highest BCUT2D eigenvalue weighted by molar-refractivity contribution is 7.12. The zero-order valence-corrected chi connectivity index (χ0v) is 4.81. The first-order valence-corrected chi connectivity index (χ1v) is 3.02. The Morgan fingerprint density at radius 3 is 3.50 bits per heavy atom. The van der Waals surface area contributed by atoms with Crippen LogP contribution in [0.15, 0.2) is 22.9 Å². The predicted molar refractivity (Wildman–Crippen MR) is 31.9 cm³/mol. The van der Waals surface area contributed by atoms with E-state index < -0.39 is 0 Å². The molecule has 3 heteroatoms. The van der Waals surface area contributed by atoms with Crippen molar-refractivity contribution < 1.29 is 4.42 Å². The normalized spacial score (nSPS) is 10.5. The number of rotatable bonds is 0. The van der Waals surface area contributed by atoms with Gasteiger partial charge >= 0.3 is 0 Å². The maximum Gasteiger partial charge on any atom is 0.206 e. The van der Waals surface area contributed by atoms with E-state index >= 15 is 0 Å². The topological polar surface area (TPSA) is 26.0 Å². The van der Waals surface area contributed by atoms with Crippen LogP contribution in [0.5, 0.6) is 0 Å². The molecule has 0 saturated carbocycles. The van der Waals surface area contributed by atoms with Gasteiger partial charge in [-0.2, -0.15) is 4.37 Å². The molecule has 0 aromatic carbocycles. The van der Waals surface area contributed by atoms with Crippen LogP contribution in [0.25, 0.3) is 10.3 Å². The monoisotopic (exact) mass is 125 g/mol. The Kier molecular flexibility index (Phi) is 0.676. The first-order chi connectivity index (χ1) is 3.97. The molecule has 2 nitrogen and oxygen atoms in total. The van der Waals surface area contributed by atoms with Crippen LogP contribution >= 0.6 is 11.5 Å². The first kappa shape index (κ1) is 4.09. The fourth-order valence-electron chi connectivity index (χ4n) is 0.606. The average Bonchev–Trinajstić information content (AvgIpc) is 2.15. The zero-order valence-electron chi connectivity index (χ0n) is 4.00. The average molecular weight is 125 g/mol. The van der Waals surface area contributed by atoms with Gasteiger partial charge in [0, 0.05) is 11.5 Å². The molecule has 0 bridgehead atoms. The van der Waals surface area contributed by atoms with E-state index in [2.05, 4.69) is 4.37 Å². The van der Waals surface area contributed by atoms with E-state index in [4.69, 9.17) is 4.42 Å². The number of nitrogens with zero attached hydrogens (tertiary/aromatic N) is 1. The van der Waals surface area contributed by atoms with Crippen molar-refractivity contribution in [1.29, 1.82) is 0 Å². The maximum atomic E-state index is 5.01. The molecule has 2 heterocycles. The summed E-state index contributed by atoms with van der Waals surface area (Å²) < 4.78 is 8.92. The van der Waals surface area contributed by atoms with Crippen LogP contribution in [-0.4, -0.2) is 4.37 Å². The van der Waals surface area contributed by atoms with Gasteiger partial charge in [-0.25, -0.2) is 0 Å². The molecule has 0 unspecified atom stereocenters. The molecule has 2 aromatic rings. The van der Waals surface area contributed by atoms with Crippen LogP contribution in [0.2, 0.25) is 0 Å². The molecule has 0 amide bonds. The van der Waals surface area contributed by atoms with Crippen molar-refractivity contribution in [1.82, 2.24) is 4.37 Å². The minimum Gasteiger partial charge on any atom is -0.452 e. The summed E-state index contributed by atoms with van der Waals surface area (Å²) >= 11 is 1.38. The predicted octanol–water partition coefficient (Wildman–Crippen LogP) is 1.89. The molecule has 0 aliphatic heterocycles. The van der Waals surface area contributed by atoms with E-state index in [9.17, 15) is 0 Å². The van der Waals surface area contributed by atoms with Crippen molar-refractivity contribution in [3.05, 3.63) is 18.5 Å². The van der Waals surface area contributed by atoms with Crippen LogP contribution in [-0.2, 0) is 0 Å². The van der Waals surface area contributed by atoms with E-state index in [1.807, 2.05) is 6.07 Å². The second-order valence-corrected chi connectivity index (χ2v) is 2.25. The van der Waals surface area contributed by atoms with Crippen LogP contribution in [0, 0.1) is 0 Å². The quantitative estimate of drug-likeness (QED) is 0.537. The lowest BCUT2D eigenvalue weighted by Crippen LogP contribution is -1.41. The highest BCUT2D eigenvalue weighted by Gasteiger charge is 1.94. The molecule has 0 N–H and O–H groups in total. The molecule has 0 radical (unpaired) electrons. The van der Waals surface area contributed by atoms with E-state index in [-0.39, 0.29) is 0 Å². The summed E-state index contributed by atoms with van der Waals surface area (Å²) in [5.74, 6) is 0. The van der Waals surface area contributed by atoms with Crippen molar-refractivity contribution in [2.45, 2.75) is 0 Å². The molecule has 0 spiro atoms. The second-order valence-electron chi connectivity index (χ2n) is 1.49. The van der Waals surface area contributed by atoms with Gasteiger partial charge in [0.2, 0.25) is 4.90 Å². The maximum absolute atomic E-state index is 5.01. The van der Waals surface area contributed by atoms with E-state index in [1.165, 1.54) is 11.5 Å². The van der Waals surface area contributed by atoms with Gasteiger partial charge in [0.25, 0.3) is 0 Å². The summed E-state index contributed by atoms with van der Waals surface area (Å²) in [6, 6.07) is 1.90. The Hall–Kier alpha value is -0.830. The number of aromatic nitrogens is 1. The fraction of sp³-hybridized carbons (Fsp3) is 0. The number of fused-ring (bicyclic) bond motifs is 1. The van der Waals surface area contributed by atoms with E-state index in [0.717, 1.165) is 10.3 Å². The molecular weight excluding hydrogens is 122 g/mol. The minimum atomic E-state index is 0.907. The Bertz CT molecular complexity index is 234. The van der Waals surface area contributed by atoms with Crippen molar-refractivity contribution in [2.75, 3.05) is 0 Å². The third-order valence-electron chi connectivity index (χ3n) is 0.986. The van der Waals surface area contributed by atoms with Gasteiger partial charge in [-0.05, 0) is 6.07 Å². The summed E-state index contributed by atoms with van der Waals surface area (Å²) in [5.41, 5.74) is 0. The first-order valence-electron chi connectivity index (χ1n) is 2.25. The lowest BCUT2D eigenvalue weighted by Gasteiger charge is -1.62. The van der Waals surface area contributed by atoms with Crippen LogP contribution < -0.4 is 0 Å². The molecule has 0 saturated heterocycles. The largest absolute Gasteiger partial charge is 0.452 e. The van der Waals surface area contributed by atoms with Gasteiger partial charge in [0.05, 0.1) is 17.8 Å². The molecule has 0 atom stereocenters. The minimum absolute atomic E-state index is 0.907. The highest BCUT2D eigenvalue weighted by Crippen LogP contribution is 2.17. The van der Waals surface area contributed by atoms with Gasteiger partial charge in [0.1, 0.15) is 0 Å². The van der Waals surface area contributed by atoms with Crippen LogP contribution in [0.3, 0.4) is 0 Å². The van der Waals surface area contributed by atoms with Crippen LogP contribution in [0.4, 0.5) is 0 Å². The lowest BCUT2D eigenvalue weighted by atomic mass is 10.5. The fourth-order valence-corrected chi connectivity index (χ4v) is 1.19. The Balaban J connectivity index is 3.06. The Morgan fingerprint density at radius 1 is 1.62 bits per heavy atom. The van der Waals surface area contributed by atoms with Crippen molar-refractivity contribution >= 4 is 21.8 Å². The summed E-state index contributed by atoms with van der Waals surface area (Å²) in [4.78, 5) is 0.907. The standard InChI is InChI=1S/C5H3NOS/c1-2-7-5-4(1)3-6-8-5/h1-3H. The smallest absolute Gasteiger partial charge is 0.206 e. The van der Waals surface area contributed by atoms with Crippen molar-refractivity contribution in [3.63, 3.8) is 0 Å².